The van der Waals surface area contributed by atoms with Crippen molar-refractivity contribution in [3.8, 4) is 6.07 Å². The minimum absolute atomic E-state index is 0.0850. The number of carbonyl (C=O) groups is 2. The van der Waals surface area contributed by atoms with Crippen LogP contribution in [0, 0.1) is 16.7 Å². The number of dihydropyridines is 1. The Balaban J connectivity index is 1.60. The second-order valence-corrected chi connectivity index (χ2v) is 12.5. The molecule has 1 aliphatic heterocycles. The van der Waals surface area contributed by atoms with Gasteiger partial charge in [0.05, 0.1) is 34.0 Å². The highest BCUT2D eigenvalue weighted by Gasteiger charge is 2.42. The Labute approximate surface area is 218 Å². The zero-order chi connectivity index (χ0) is 23.8. The van der Waals surface area contributed by atoms with Gasteiger partial charge in [0.25, 0.3) is 0 Å². The van der Waals surface area contributed by atoms with Gasteiger partial charge in [0.15, 0.2) is 5.78 Å². The van der Waals surface area contributed by atoms with Gasteiger partial charge in [-0.3, -0.25) is 9.59 Å². The van der Waals surface area contributed by atoms with E-state index in [0.29, 0.717) is 28.3 Å². The van der Waals surface area contributed by atoms with Gasteiger partial charge in [-0.2, -0.15) is 5.26 Å². The Kier molecular flexibility index (Phi) is 7.20. The average Bonchev–Trinajstić information content (AvgIpc) is 3.27. The zero-order valence-corrected chi connectivity index (χ0v) is 22.8. The highest BCUT2D eigenvalue weighted by molar-refractivity contribution is 9.11. The Bertz CT molecular complexity index is 1230. The quantitative estimate of drug-likeness (QED) is 0.395. The Morgan fingerprint density at radius 2 is 2.12 bits per heavy atom. The first-order valence-corrected chi connectivity index (χ1v) is 13.7. The lowest BCUT2D eigenvalue weighted by atomic mass is 9.70. The number of allylic oxidation sites excluding steroid dienone is 3. The fourth-order valence-corrected chi connectivity index (χ4v) is 7.00. The van der Waals surface area contributed by atoms with Gasteiger partial charge in [0, 0.05) is 31.5 Å². The highest BCUT2D eigenvalue weighted by atomic mass is 79.9. The van der Waals surface area contributed by atoms with Crippen LogP contribution in [0.25, 0.3) is 0 Å². The molecule has 0 saturated heterocycles. The van der Waals surface area contributed by atoms with Crippen LogP contribution in [-0.2, 0) is 9.59 Å². The minimum atomic E-state index is -0.388. The van der Waals surface area contributed by atoms with Gasteiger partial charge >= 0.3 is 0 Å². The minimum Gasteiger partial charge on any atom is -0.352 e. The monoisotopic (exact) mass is 605 g/mol. The van der Waals surface area contributed by atoms with Gasteiger partial charge in [-0.15, -0.1) is 11.3 Å². The molecule has 0 spiro atoms. The Hall–Kier alpha value is -1.86. The van der Waals surface area contributed by atoms with E-state index in [9.17, 15) is 14.9 Å². The number of nitrogens with one attached hydrogen (secondary N) is 2. The number of amides is 1. The molecule has 1 aliphatic carbocycles. The molecule has 5 nitrogen and oxygen atoms in total. The van der Waals surface area contributed by atoms with Crippen molar-refractivity contribution in [3.05, 3.63) is 71.4 Å². The first-order valence-electron chi connectivity index (χ1n) is 10.3. The summed E-state index contributed by atoms with van der Waals surface area (Å²) in [6.07, 6.45) is 1.18. The van der Waals surface area contributed by atoms with E-state index >= 15 is 0 Å². The molecule has 2 heterocycles. The number of nitriles is 1. The lowest BCUT2D eigenvalue weighted by Gasteiger charge is -2.38. The van der Waals surface area contributed by atoms with E-state index in [1.807, 2.05) is 35.7 Å². The first kappa shape index (κ1) is 24.3. The number of ketones is 1. The van der Waals surface area contributed by atoms with E-state index in [0.717, 1.165) is 25.9 Å². The van der Waals surface area contributed by atoms with Gasteiger partial charge in [-0.25, -0.2) is 0 Å². The number of benzene rings is 1. The molecule has 1 atom stereocenters. The van der Waals surface area contributed by atoms with Crippen molar-refractivity contribution in [1.29, 1.82) is 5.26 Å². The molecule has 0 bridgehead atoms. The summed E-state index contributed by atoms with van der Waals surface area (Å²) in [5.74, 6) is -0.349. The van der Waals surface area contributed by atoms with Gasteiger partial charge in [-0.1, -0.05) is 47.6 Å². The summed E-state index contributed by atoms with van der Waals surface area (Å²) in [4.78, 5) is 26.8. The number of hydrogen-bond acceptors (Lipinski definition) is 6. The molecule has 0 radical (unpaired) electrons. The zero-order valence-electron chi connectivity index (χ0n) is 18.0. The van der Waals surface area contributed by atoms with Crippen molar-refractivity contribution in [2.45, 2.75) is 32.6 Å². The lowest BCUT2D eigenvalue weighted by Crippen LogP contribution is -2.36. The fraction of sp³-hybridized carbons (Fsp3) is 0.292. The van der Waals surface area contributed by atoms with Crippen molar-refractivity contribution >= 4 is 72.3 Å². The van der Waals surface area contributed by atoms with Crippen LogP contribution < -0.4 is 10.6 Å². The molecule has 2 aliphatic rings. The number of nitrogens with zero attached hydrogens (tertiary/aromatic N) is 1. The van der Waals surface area contributed by atoms with E-state index in [1.54, 1.807) is 11.3 Å². The summed E-state index contributed by atoms with van der Waals surface area (Å²) >= 11 is 9.69. The van der Waals surface area contributed by atoms with Crippen molar-refractivity contribution in [2.24, 2.45) is 5.41 Å². The summed E-state index contributed by atoms with van der Waals surface area (Å²) in [5.41, 5.74) is 2.57. The molecule has 1 amide bonds. The third-order valence-electron chi connectivity index (χ3n) is 5.51. The molecule has 1 unspecified atom stereocenters. The van der Waals surface area contributed by atoms with Gasteiger partial charge in [0.1, 0.15) is 0 Å². The molecular formula is C24H21Br2N3O2S2. The molecule has 2 N–H and O–H groups in total. The van der Waals surface area contributed by atoms with Gasteiger partial charge in [0.2, 0.25) is 5.91 Å². The molecule has 0 saturated carbocycles. The molecule has 1 aromatic heterocycles. The maximum absolute atomic E-state index is 13.1. The summed E-state index contributed by atoms with van der Waals surface area (Å²) in [5, 5.41) is 18.9. The van der Waals surface area contributed by atoms with Crippen LogP contribution in [0.1, 0.15) is 37.5 Å². The second-order valence-electron chi connectivity index (χ2n) is 8.72. The van der Waals surface area contributed by atoms with E-state index < -0.39 is 0 Å². The third-order valence-corrected chi connectivity index (χ3v) is 8.61. The molecule has 1 aromatic carbocycles. The molecule has 33 heavy (non-hydrogen) atoms. The largest absolute Gasteiger partial charge is 0.352 e. The van der Waals surface area contributed by atoms with Crippen LogP contribution in [0.5, 0.6) is 0 Å². The number of halogens is 2. The van der Waals surface area contributed by atoms with Crippen LogP contribution in [-0.4, -0.2) is 17.4 Å². The van der Waals surface area contributed by atoms with Crippen LogP contribution in [0.4, 0.5) is 5.69 Å². The molecular weight excluding hydrogens is 586 g/mol. The molecule has 2 aromatic rings. The number of thioether (sulfide) groups is 1. The lowest BCUT2D eigenvalue weighted by molar-refractivity contribution is -0.118. The predicted molar refractivity (Wildman–Crippen MR) is 141 cm³/mol. The maximum atomic E-state index is 13.1. The normalized spacial score (nSPS) is 19.6. The van der Waals surface area contributed by atoms with Gasteiger partial charge < -0.3 is 10.6 Å². The first-order chi connectivity index (χ1) is 15.7. The number of anilines is 1. The van der Waals surface area contributed by atoms with Crippen LogP contribution in [0.15, 0.2) is 66.5 Å². The maximum Gasteiger partial charge on any atom is 0.234 e. The number of thiophene rings is 1. The van der Waals surface area contributed by atoms with Crippen LogP contribution in [0.2, 0.25) is 0 Å². The number of Topliss-reactive ketones (excluding diaryl/α,β-unsaturated/α-hetero) is 1. The third kappa shape index (κ3) is 5.29. The standard InChI is InChI=1S/C24H21Br2N3O2S2/c1-24(2)9-17-22(18(30)10-24)21(19-4-3-7-32-19)14(11-27)23(29-17)33-12-20(31)28-16-6-5-13(25)8-15(16)26/h3-8,21,29H,9-10,12H2,1-2H3,(H,28,31). The smallest absolute Gasteiger partial charge is 0.234 e. The van der Waals surface area contributed by atoms with Gasteiger partial charge in [-0.05, 0) is 57.4 Å². The summed E-state index contributed by atoms with van der Waals surface area (Å²) in [6.45, 7) is 4.16. The summed E-state index contributed by atoms with van der Waals surface area (Å²) in [7, 11) is 0. The number of hydrogen-bond donors (Lipinski definition) is 2. The summed E-state index contributed by atoms with van der Waals surface area (Å²) < 4.78 is 1.68. The van der Waals surface area contributed by atoms with Crippen molar-refractivity contribution in [2.75, 3.05) is 11.1 Å². The topological polar surface area (TPSA) is 82.0 Å². The summed E-state index contributed by atoms with van der Waals surface area (Å²) in [6, 6.07) is 11.8. The predicted octanol–water partition coefficient (Wildman–Crippen LogP) is 6.71. The second kappa shape index (κ2) is 9.79. The molecule has 0 fully saturated rings. The average molecular weight is 607 g/mol. The highest BCUT2D eigenvalue weighted by Crippen LogP contribution is 2.48. The SMILES string of the molecule is CC1(C)CC(=O)C2=C(C1)NC(SCC(=O)Nc1ccc(Br)cc1Br)=C(C#N)C2c1cccs1. The van der Waals surface area contributed by atoms with E-state index in [1.165, 1.54) is 11.8 Å². The molecule has 170 valence electrons. The van der Waals surface area contributed by atoms with E-state index in [4.69, 9.17) is 0 Å². The Morgan fingerprint density at radius 1 is 1.33 bits per heavy atom. The van der Waals surface area contributed by atoms with Crippen molar-refractivity contribution < 1.29 is 9.59 Å². The van der Waals surface area contributed by atoms with E-state index in [-0.39, 0.29) is 28.8 Å². The van der Waals surface area contributed by atoms with Crippen molar-refractivity contribution in [1.82, 2.24) is 5.32 Å². The van der Waals surface area contributed by atoms with Crippen molar-refractivity contribution in [3.63, 3.8) is 0 Å². The fourth-order valence-electron chi connectivity index (χ4n) is 4.15. The van der Waals surface area contributed by atoms with Crippen LogP contribution >= 0.6 is 55.0 Å². The number of rotatable bonds is 5. The molecule has 4 rings (SSSR count). The van der Waals surface area contributed by atoms with E-state index in [2.05, 4.69) is 62.4 Å². The molecule has 9 heteroatoms. The Morgan fingerprint density at radius 3 is 2.79 bits per heavy atom. The van der Waals surface area contributed by atoms with Crippen LogP contribution in [0.3, 0.4) is 0 Å². The number of carbonyl (C=O) groups excluding carboxylic acids is 2.